The van der Waals surface area contributed by atoms with Crippen molar-refractivity contribution in [1.82, 2.24) is 5.32 Å². The molecule has 0 saturated carbocycles. The summed E-state index contributed by atoms with van der Waals surface area (Å²) >= 11 is 0. The molecule has 3 nitrogen and oxygen atoms in total. The van der Waals surface area contributed by atoms with Gasteiger partial charge in [-0.15, -0.1) is 0 Å². The molecule has 20 heavy (non-hydrogen) atoms. The molecule has 0 spiro atoms. The first-order valence-electron chi connectivity index (χ1n) is 7.28. The van der Waals surface area contributed by atoms with Crippen LogP contribution < -0.4 is 10.1 Å². The Kier molecular flexibility index (Phi) is 4.07. The van der Waals surface area contributed by atoms with Crippen molar-refractivity contribution >= 4 is 11.0 Å². The first kappa shape index (κ1) is 13.3. The van der Waals surface area contributed by atoms with Gasteiger partial charge in [-0.2, -0.15) is 0 Å². The lowest BCUT2D eigenvalue weighted by Crippen LogP contribution is -2.22. The second-order valence-electron chi connectivity index (χ2n) is 5.37. The van der Waals surface area contributed by atoms with E-state index in [1.165, 1.54) is 19.3 Å². The van der Waals surface area contributed by atoms with Gasteiger partial charge in [-0.05, 0) is 43.9 Å². The molecule has 1 aliphatic rings. The minimum Gasteiger partial charge on any atom is -0.493 e. The number of rotatable bonds is 5. The summed E-state index contributed by atoms with van der Waals surface area (Å²) in [7, 11) is 1.67. The molecule has 1 aliphatic carbocycles. The number of furan rings is 1. The summed E-state index contributed by atoms with van der Waals surface area (Å²) in [6, 6.07) is 8.06. The van der Waals surface area contributed by atoms with E-state index in [1.807, 2.05) is 12.1 Å². The third-order valence-electron chi connectivity index (χ3n) is 3.89. The monoisotopic (exact) mass is 271 g/mol. The molecule has 0 fully saturated rings. The van der Waals surface area contributed by atoms with E-state index in [9.17, 15) is 0 Å². The lowest BCUT2D eigenvalue weighted by molar-refractivity contribution is 0.401. The molecule has 1 heterocycles. The Hall–Kier alpha value is -1.74. The van der Waals surface area contributed by atoms with Crippen LogP contribution in [0.4, 0.5) is 0 Å². The number of allylic oxidation sites excluding steroid dienone is 2. The van der Waals surface area contributed by atoms with Crippen LogP contribution in [0, 0.1) is 5.92 Å². The Bertz CT molecular complexity index is 600. The number of fused-ring (bicyclic) bond motifs is 1. The summed E-state index contributed by atoms with van der Waals surface area (Å²) in [5.74, 6) is 2.53. The van der Waals surface area contributed by atoms with E-state index in [0.29, 0.717) is 0 Å². The van der Waals surface area contributed by atoms with E-state index in [1.54, 1.807) is 7.11 Å². The van der Waals surface area contributed by atoms with Crippen molar-refractivity contribution in [2.75, 3.05) is 13.7 Å². The summed E-state index contributed by atoms with van der Waals surface area (Å²) in [5.41, 5.74) is 0.840. The largest absolute Gasteiger partial charge is 0.493 e. The van der Waals surface area contributed by atoms with Crippen LogP contribution in [0.2, 0.25) is 0 Å². The van der Waals surface area contributed by atoms with Gasteiger partial charge in [0.1, 0.15) is 5.76 Å². The van der Waals surface area contributed by atoms with E-state index in [4.69, 9.17) is 9.15 Å². The zero-order chi connectivity index (χ0) is 13.8. The summed E-state index contributed by atoms with van der Waals surface area (Å²) in [6.45, 7) is 1.83. The molecule has 2 aromatic rings. The molecule has 1 atom stereocenters. The minimum absolute atomic E-state index is 0.763. The maximum atomic E-state index is 5.88. The average Bonchev–Trinajstić information content (AvgIpc) is 2.91. The van der Waals surface area contributed by atoms with Gasteiger partial charge >= 0.3 is 0 Å². The third kappa shape index (κ3) is 2.88. The zero-order valence-electron chi connectivity index (χ0n) is 11.9. The van der Waals surface area contributed by atoms with Crippen LogP contribution in [0.5, 0.6) is 5.75 Å². The topological polar surface area (TPSA) is 34.4 Å². The summed E-state index contributed by atoms with van der Waals surface area (Å²) in [6.07, 6.45) is 8.27. The number of para-hydroxylation sites is 1. The summed E-state index contributed by atoms with van der Waals surface area (Å²) in [4.78, 5) is 0. The Morgan fingerprint density at radius 3 is 3.10 bits per heavy atom. The van der Waals surface area contributed by atoms with Gasteiger partial charge in [-0.3, -0.25) is 0 Å². The van der Waals surface area contributed by atoms with Crippen LogP contribution in [-0.4, -0.2) is 13.7 Å². The minimum atomic E-state index is 0.763. The normalized spacial score (nSPS) is 18.6. The van der Waals surface area contributed by atoms with Crippen LogP contribution in [0.1, 0.15) is 25.0 Å². The van der Waals surface area contributed by atoms with Crippen molar-refractivity contribution in [2.24, 2.45) is 5.92 Å². The highest BCUT2D eigenvalue weighted by Gasteiger charge is 2.11. The molecule has 1 unspecified atom stereocenters. The van der Waals surface area contributed by atoms with Crippen molar-refractivity contribution in [1.29, 1.82) is 0 Å². The molecular weight excluding hydrogens is 250 g/mol. The standard InChI is InChI=1S/C17H21NO2/c1-19-16-9-5-8-14-10-15(20-17(14)16)12-18-11-13-6-3-2-4-7-13/h2-3,5,8-10,13,18H,4,6-7,11-12H2,1H3. The van der Waals surface area contributed by atoms with Crippen molar-refractivity contribution in [3.8, 4) is 5.75 Å². The van der Waals surface area contributed by atoms with E-state index in [2.05, 4.69) is 29.6 Å². The average molecular weight is 271 g/mol. The fraction of sp³-hybridized carbons (Fsp3) is 0.412. The van der Waals surface area contributed by atoms with Crippen LogP contribution in [0.3, 0.4) is 0 Å². The number of hydrogen-bond acceptors (Lipinski definition) is 3. The molecule has 0 saturated heterocycles. The highest BCUT2D eigenvalue weighted by atomic mass is 16.5. The number of methoxy groups -OCH3 is 1. The van der Waals surface area contributed by atoms with Crippen molar-refractivity contribution in [3.63, 3.8) is 0 Å². The fourth-order valence-corrected chi connectivity index (χ4v) is 2.78. The molecular formula is C17H21NO2. The van der Waals surface area contributed by atoms with Gasteiger partial charge in [0.2, 0.25) is 0 Å². The summed E-state index contributed by atoms with van der Waals surface area (Å²) < 4.78 is 11.2. The van der Waals surface area contributed by atoms with Gasteiger partial charge in [-0.1, -0.05) is 24.3 Å². The number of benzene rings is 1. The molecule has 1 aromatic heterocycles. The van der Waals surface area contributed by atoms with Gasteiger partial charge < -0.3 is 14.5 Å². The van der Waals surface area contributed by atoms with Gasteiger partial charge in [0.15, 0.2) is 11.3 Å². The van der Waals surface area contributed by atoms with Gasteiger partial charge in [0.25, 0.3) is 0 Å². The quantitative estimate of drug-likeness (QED) is 0.838. The van der Waals surface area contributed by atoms with E-state index >= 15 is 0 Å². The smallest absolute Gasteiger partial charge is 0.176 e. The van der Waals surface area contributed by atoms with Crippen LogP contribution in [0.15, 0.2) is 40.8 Å². The second kappa shape index (κ2) is 6.14. The van der Waals surface area contributed by atoms with Crippen LogP contribution >= 0.6 is 0 Å². The van der Waals surface area contributed by atoms with Crippen molar-refractivity contribution in [2.45, 2.75) is 25.8 Å². The van der Waals surface area contributed by atoms with Crippen LogP contribution in [0.25, 0.3) is 11.0 Å². The van der Waals surface area contributed by atoms with Crippen molar-refractivity contribution < 1.29 is 9.15 Å². The molecule has 106 valence electrons. The number of ether oxygens (including phenoxy) is 1. The van der Waals surface area contributed by atoms with Gasteiger partial charge in [0, 0.05) is 5.39 Å². The second-order valence-corrected chi connectivity index (χ2v) is 5.37. The highest BCUT2D eigenvalue weighted by molar-refractivity contribution is 5.83. The molecule has 3 rings (SSSR count). The molecule has 0 aliphatic heterocycles. The Labute approximate surface area is 119 Å². The Morgan fingerprint density at radius 1 is 1.35 bits per heavy atom. The maximum absolute atomic E-state index is 5.88. The first-order valence-corrected chi connectivity index (χ1v) is 7.28. The van der Waals surface area contributed by atoms with Gasteiger partial charge in [0.05, 0.1) is 13.7 Å². The van der Waals surface area contributed by atoms with Crippen LogP contribution in [-0.2, 0) is 6.54 Å². The zero-order valence-corrected chi connectivity index (χ0v) is 11.9. The maximum Gasteiger partial charge on any atom is 0.176 e. The molecule has 1 N–H and O–H groups in total. The van der Waals surface area contributed by atoms with E-state index in [-0.39, 0.29) is 0 Å². The molecule has 0 bridgehead atoms. The highest BCUT2D eigenvalue weighted by Crippen LogP contribution is 2.28. The van der Waals surface area contributed by atoms with Crippen molar-refractivity contribution in [3.05, 3.63) is 42.2 Å². The molecule has 0 amide bonds. The molecule has 1 aromatic carbocycles. The SMILES string of the molecule is COc1cccc2cc(CNCC3CC=CCC3)oc12. The first-order chi connectivity index (χ1) is 9.86. The predicted molar refractivity (Wildman–Crippen MR) is 81.0 cm³/mol. The van der Waals surface area contributed by atoms with E-state index in [0.717, 1.165) is 41.5 Å². The number of hydrogen-bond donors (Lipinski definition) is 1. The molecule has 3 heteroatoms. The van der Waals surface area contributed by atoms with E-state index < -0.39 is 0 Å². The Morgan fingerprint density at radius 2 is 2.30 bits per heavy atom. The van der Waals surface area contributed by atoms with Gasteiger partial charge in [-0.25, -0.2) is 0 Å². The fourth-order valence-electron chi connectivity index (χ4n) is 2.78. The Balaban J connectivity index is 1.61. The molecule has 0 radical (unpaired) electrons. The third-order valence-corrected chi connectivity index (χ3v) is 3.89. The number of nitrogens with one attached hydrogen (secondary N) is 1. The lowest BCUT2D eigenvalue weighted by Gasteiger charge is -2.17. The predicted octanol–water partition coefficient (Wildman–Crippen LogP) is 3.89. The lowest BCUT2D eigenvalue weighted by atomic mass is 9.94. The summed E-state index contributed by atoms with van der Waals surface area (Å²) in [5, 5.41) is 4.60.